The van der Waals surface area contributed by atoms with Crippen LogP contribution in [-0.2, 0) is 13.6 Å². The summed E-state index contributed by atoms with van der Waals surface area (Å²) in [5, 5.41) is 8.54. The smallest absolute Gasteiger partial charge is 0.131 e. The van der Waals surface area contributed by atoms with Crippen LogP contribution in [0.3, 0.4) is 0 Å². The van der Waals surface area contributed by atoms with E-state index in [-0.39, 0.29) is 6.04 Å². The number of hydrogen-bond acceptors (Lipinski definition) is 3. The third kappa shape index (κ3) is 3.22. The number of nitrogens with zero attached hydrogens (tertiary/aromatic N) is 3. The molecule has 2 rings (SSSR count). The monoisotopic (exact) mass is 306 g/mol. The Bertz CT molecular complexity index is 621. The Balaban J connectivity index is 2.37. The first-order chi connectivity index (χ1) is 9.95. The first-order valence-corrected chi connectivity index (χ1v) is 7.48. The minimum atomic E-state index is 0.217. The molecular weight excluding hydrogens is 284 g/mol. The molecule has 0 amide bonds. The van der Waals surface area contributed by atoms with E-state index in [0.717, 1.165) is 23.1 Å². The van der Waals surface area contributed by atoms with Crippen LogP contribution in [0.2, 0.25) is 5.02 Å². The van der Waals surface area contributed by atoms with Crippen molar-refractivity contribution in [1.82, 2.24) is 15.1 Å². The molecule has 5 heteroatoms. The SMILES string of the molecule is CNCc1c(C)nn(C)c1N(C)C(C)c1cccc(Cl)c1. The molecule has 0 saturated heterocycles. The lowest BCUT2D eigenvalue weighted by molar-refractivity contribution is 0.668. The quantitative estimate of drug-likeness (QED) is 0.920. The van der Waals surface area contributed by atoms with Crippen LogP contribution in [0, 0.1) is 6.92 Å². The first kappa shape index (κ1) is 15.9. The van der Waals surface area contributed by atoms with Crippen molar-refractivity contribution >= 4 is 17.4 Å². The second kappa shape index (κ2) is 6.50. The van der Waals surface area contributed by atoms with E-state index in [2.05, 4.69) is 35.4 Å². The van der Waals surface area contributed by atoms with E-state index in [1.807, 2.05) is 43.9 Å². The molecule has 0 aliphatic rings. The van der Waals surface area contributed by atoms with Gasteiger partial charge in [0.1, 0.15) is 5.82 Å². The predicted molar refractivity (Wildman–Crippen MR) is 89.0 cm³/mol. The van der Waals surface area contributed by atoms with Crippen molar-refractivity contribution in [2.75, 3.05) is 19.0 Å². The number of anilines is 1. The Kier molecular flexibility index (Phi) is 4.91. The van der Waals surface area contributed by atoms with Gasteiger partial charge in [-0.25, -0.2) is 0 Å². The van der Waals surface area contributed by atoms with Crippen molar-refractivity contribution in [2.24, 2.45) is 7.05 Å². The molecule has 0 spiro atoms. The van der Waals surface area contributed by atoms with E-state index in [1.54, 1.807) is 0 Å². The summed E-state index contributed by atoms with van der Waals surface area (Å²) in [5.74, 6) is 1.13. The van der Waals surface area contributed by atoms with E-state index >= 15 is 0 Å². The Morgan fingerprint density at radius 2 is 2.14 bits per heavy atom. The maximum atomic E-state index is 6.11. The highest BCUT2D eigenvalue weighted by Gasteiger charge is 2.21. The highest BCUT2D eigenvalue weighted by atomic mass is 35.5. The van der Waals surface area contributed by atoms with Gasteiger partial charge in [0.25, 0.3) is 0 Å². The van der Waals surface area contributed by atoms with Gasteiger partial charge in [0.15, 0.2) is 0 Å². The normalized spacial score (nSPS) is 12.5. The standard InChI is InChI=1S/C16H23ClN4/c1-11-15(10-18-3)16(21(5)19-11)20(4)12(2)13-7-6-8-14(17)9-13/h6-9,12,18H,10H2,1-5H3. The van der Waals surface area contributed by atoms with Crippen LogP contribution >= 0.6 is 11.6 Å². The van der Waals surface area contributed by atoms with E-state index in [9.17, 15) is 0 Å². The van der Waals surface area contributed by atoms with Gasteiger partial charge in [-0.2, -0.15) is 5.10 Å². The zero-order chi connectivity index (χ0) is 15.6. The highest BCUT2D eigenvalue weighted by Crippen LogP contribution is 2.30. The molecule has 1 heterocycles. The van der Waals surface area contributed by atoms with Crippen LogP contribution in [0.1, 0.15) is 29.8 Å². The Labute approximate surface area is 131 Å². The molecule has 0 radical (unpaired) electrons. The van der Waals surface area contributed by atoms with Gasteiger partial charge in [0.05, 0.1) is 11.7 Å². The summed E-state index contributed by atoms with van der Waals surface area (Å²) in [6, 6.07) is 8.23. The van der Waals surface area contributed by atoms with Crippen molar-refractivity contribution in [3.8, 4) is 0 Å². The van der Waals surface area contributed by atoms with Crippen molar-refractivity contribution in [2.45, 2.75) is 26.4 Å². The second-order valence-electron chi connectivity index (χ2n) is 5.38. The molecule has 0 bridgehead atoms. The minimum absolute atomic E-state index is 0.217. The molecule has 2 aromatic rings. The average Bonchev–Trinajstić information content (AvgIpc) is 2.72. The zero-order valence-corrected chi connectivity index (χ0v) is 14.1. The third-order valence-corrected chi connectivity index (χ3v) is 4.15. The molecule has 0 fully saturated rings. The Morgan fingerprint density at radius 3 is 2.76 bits per heavy atom. The van der Waals surface area contributed by atoms with Gasteiger partial charge in [0.2, 0.25) is 0 Å². The summed E-state index contributed by atoms with van der Waals surface area (Å²) in [5.41, 5.74) is 3.49. The average molecular weight is 307 g/mol. The number of halogens is 1. The van der Waals surface area contributed by atoms with Gasteiger partial charge < -0.3 is 10.2 Å². The number of aromatic nitrogens is 2. The molecule has 1 unspecified atom stereocenters. The van der Waals surface area contributed by atoms with E-state index < -0.39 is 0 Å². The van der Waals surface area contributed by atoms with Crippen LogP contribution in [0.15, 0.2) is 24.3 Å². The molecule has 21 heavy (non-hydrogen) atoms. The van der Waals surface area contributed by atoms with Gasteiger partial charge >= 0.3 is 0 Å². The summed E-state index contributed by atoms with van der Waals surface area (Å²) in [4.78, 5) is 2.25. The van der Waals surface area contributed by atoms with E-state index in [4.69, 9.17) is 11.6 Å². The van der Waals surface area contributed by atoms with Crippen LogP contribution in [0.25, 0.3) is 0 Å². The van der Waals surface area contributed by atoms with Crippen LogP contribution in [0.4, 0.5) is 5.82 Å². The number of aryl methyl sites for hydroxylation is 2. The van der Waals surface area contributed by atoms with Crippen LogP contribution < -0.4 is 10.2 Å². The topological polar surface area (TPSA) is 33.1 Å². The second-order valence-corrected chi connectivity index (χ2v) is 5.82. The predicted octanol–water partition coefficient (Wildman–Crippen LogP) is 3.30. The first-order valence-electron chi connectivity index (χ1n) is 7.11. The fraction of sp³-hybridized carbons (Fsp3) is 0.438. The molecule has 1 aromatic heterocycles. The molecule has 0 aliphatic carbocycles. The lowest BCUT2D eigenvalue weighted by Gasteiger charge is -2.28. The number of rotatable bonds is 5. The Hall–Kier alpha value is -1.52. The molecule has 1 atom stereocenters. The Morgan fingerprint density at radius 1 is 1.43 bits per heavy atom. The van der Waals surface area contributed by atoms with Gasteiger partial charge in [-0.05, 0) is 38.6 Å². The zero-order valence-electron chi connectivity index (χ0n) is 13.3. The molecule has 4 nitrogen and oxygen atoms in total. The summed E-state index contributed by atoms with van der Waals surface area (Å²) in [6.07, 6.45) is 0. The summed E-state index contributed by atoms with van der Waals surface area (Å²) < 4.78 is 1.95. The van der Waals surface area contributed by atoms with Crippen molar-refractivity contribution < 1.29 is 0 Å². The van der Waals surface area contributed by atoms with Gasteiger partial charge in [-0.15, -0.1) is 0 Å². The molecular formula is C16H23ClN4. The summed E-state index contributed by atoms with van der Waals surface area (Å²) >= 11 is 6.11. The molecule has 114 valence electrons. The maximum absolute atomic E-state index is 6.11. The fourth-order valence-electron chi connectivity index (χ4n) is 2.69. The third-order valence-electron chi connectivity index (χ3n) is 3.91. The largest absolute Gasteiger partial charge is 0.353 e. The fourth-order valence-corrected chi connectivity index (χ4v) is 2.89. The minimum Gasteiger partial charge on any atom is -0.353 e. The number of benzene rings is 1. The molecule has 0 saturated carbocycles. The lowest BCUT2D eigenvalue weighted by atomic mass is 10.1. The number of nitrogens with one attached hydrogen (secondary N) is 1. The summed E-state index contributed by atoms with van der Waals surface area (Å²) in [7, 11) is 6.04. The highest BCUT2D eigenvalue weighted by molar-refractivity contribution is 6.30. The van der Waals surface area contributed by atoms with E-state index in [0.29, 0.717) is 0 Å². The van der Waals surface area contributed by atoms with Crippen molar-refractivity contribution in [3.05, 3.63) is 46.1 Å². The van der Waals surface area contributed by atoms with E-state index in [1.165, 1.54) is 11.1 Å². The molecule has 0 aliphatic heterocycles. The number of hydrogen-bond donors (Lipinski definition) is 1. The van der Waals surface area contributed by atoms with Crippen molar-refractivity contribution in [1.29, 1.82) is 0 Å². The lowest BCUT2D eigenvalue weighted by Crippen LogP contribution is -2.25. The maximum Gasteiger partial charge on any atom is 0.131 e. The molecule has 1 N–H and O–H groups in total. The van der Waals surface area contributed by atoms with Gasteiger partial charge in [-0.1, -0.05) is 23.7 Å². The van der Waals surface area contributed by atoms with Crippen molar-refractivity contribution in [3.63, 3.8) is 0 Å². The summed E-state index contributed by atoms with van der Waals surface area (Å²) in [6.45, 7) is 5.03. The molecule has 1 aromatic carbocycles. The van der Waals surface area contributed by atoms with Crippen LogP contribution in [-0.4, -0.2) is 23.9 Å². The van der Waals surface area contributed by atoms with Crippen LogP contribution in [0.5, 0.6) is 0 Å². The van der Waals surface area contributed by atoms with Gasteiger partial charge in [-0.3, -0.25) is 4.68 Å². The van der Waals surface area contributed by atoms with Gasteiger partial charge in [0, 0.05) is 31.2 Å².